The monoisotopic (exact) mass is 300 g/mol. The molecule has 0 amide bonds. The van der Waals surface area contributed by atoms with Crippen molar-refractivity contribution in [1.82, 2.24) is 10.2 Å². The number of benzene rings is 1. The minimum absolute atomic E-state index is 0.800. The molecule has 1 N–H and O–H groups in total. The number of hydrogen-bond acceptors (Lipinski definition) is 3. The molecule has 1 fully saturated rings. The predicted octanol–water partition coefficient (Wildman–Crippen LogP) is 4.02. The first-order valence-corrected chi connectivity index (χ1v) is 8.78. The van der Waals surface area contributed by atoms with Gasteiger partial charge in [-0.05, 0) is 42.0 Å². The molecule has 1 aromatic heterocycles. The zero-order chi connectivity index (χ0) is 14.5. The third kappa shape index (κ3) is 4.40. The van der Waals surface area contributed by atoms with Crippen molar-refractivity contribution in [2.45, 2.75) is 45.4 Å². The fourth-order valence-electron chi connectivity index (χ4n) is 2.62. The summed E-state index contributed by atoms with van der Waals surface area (Å²) >= 11 is 1.87. The van der Waals surface area contributed by atoms with Crippen molar-refractivity contribution in [2.75, 3.05) is 6.54 Å². The van der Waals surface area contributed by atoms with E-state index in [0.29, 0.717) is 0 Å². The lowest BCUT2D eigenvalue weighted by molar-refractivity contribution is 0.248. The molecule has 0 radical (unpaired) electrons. The molecule has 0 bridgehead atoms. The fraction of sp³-hybridized carbons (Fsp3) is 0.444. The van der Waals surface area contributed by atoms with Gasteiger partial charge < -0.3 is 5.32 Å². The molecule has 3 rings (SSSR count). The third-order valence-corrected chi connectivity index (χ3v) is 4.85. The van der Waals surface area contributed by atoms with Crippen LogP contribution in [-0.2, 0) is 19.6 Å². The van der Waals surface area contributed by atoms with Gasteiger partial charge >= 0.3 is 0 Å². The van der Waals surface area contributed by atoms with Crippen LogP contribution < -0.4 is 5.32 Å². The number of nitrogens with one attached hydrogen (secondary N) is 1. The third-order valence-electron chi connectivity index (χ3n) is 3.99. The molecular weight excluding hydrogens is 276 g/mol. The Morgan fingerprint density at radius 3 is 2.48 bits per heavy atom. The molecule has 0 saturated heterocycles. The van der Waals surface area contributed by atoms with Gasteiger partial charge in [0, 0.05) is 30.6 Å². The second-order valence-electron chi connectivity index (χ2n) is 5.81. The molecule has 1 aromatic carbocycles. The Kier molecular flexibility index (Phi) is 5.07. The van der Waals surface area contributed by atoms with E-state index in [1.54, 1.807) is 0 Å². The van der Waals surface area contributed by atoms with Crippen molar-refractivity contribution in [3.63, 3.8) is 0 Å². The highest BCUT2D eigenvalue weighted by Crippen LogP contribution is 2.30. The summed E-state index contributed by atoms with van der Waals surface area (Å²) in [5.74, 6) is 0. The smallest absolute Gasteiger partial charge is 0.0334 e. The van der Waals surface area contributed by atoms with Crippen LogP contribution >= 0.6 is 11.3 Å². The Hall–Kier alpha value is -1.16. The van der Waals surface area contributed by atoms with Gasteiger partial charge in [0.05, 0.1) is 0 Å². The first-order valence-electron chi connectivity index (χ1n) is 7.90. The van der Waals surface area contributed by atoms with E-state index in [1.165, 1.54) is 28.8 Å². The molecule has 21 heavy (non-hydrogen) atoms. The Morgan fingerprint density at radius 1 is 1.10 bits per heavy atom. The topological polar surface area (TPSA) is 15.3 Å². The Labute approximate surface area is 131 Å². The van der Waals surface area contributed by atoms with Crippen LogP contribution in [0.4, 0.5) is 0 Å². The summed E-state index contributed by atoms with van der Waals surface area (Å²) in [6, 6.07) is 14.3. The molecule has 0 spiro atoms. The zero-order valence-electron chi connectivity index (χ0n) is 12.7. The van der Waals surface area contributed by atoms with Crippen LogP contribution in [0.5, 0.6) is 0 Å². The van der Waals surface area contributed by atoms with E-state index < -0.39 is 0 Å². The average Bonchev–Trinajstić information content (AvgIpc) is 3.24. The second-order valence-corrected chi connectivity index (χ2v) is 6.84. The number of hydrogen-bond donors (Lipinski definition) is 1. The van der Waals surface area contributed by atoms with Gasteiger partial charge in [-0.2, -0.15) is 0 Å². The van der Waals surface area contributed by atoms with Gasteiger partial charge in [0.2, 0.25) is 0 Å². The summed E-state index contributed by atoms with van der Waals surface area (Å²) in [6.07, 6.45) is 2.73. The van der Waals surface area contributed by atoms with E-state index >= 15 is 0 Å². The molecule has 2 aromatic rings. The first kappa shape index (κ1) is 14.8. The van der Waals surface area contributed by atoms with Gasteiger partial charge in [-0.25, -0.2) is 0 Å². The second kappa shape index (κ2) is 7.21. The minimum atomic E-state index is 0.800. The maximum atomic E-state index is 3.37. The predicted molar refractivity (Wildman–Crippen MR) is 90.4 cm³/mol. The van der Waals surface area contributed by atoms with Crippen LogP contribution in [0.2, 0.25) is 0 Å². The van der Waals surface area contributed by atoms with Gasteiger partial charge in [0.25, 0.3) is 0 Å². The molecule has 0 unspecified atom stereocenters. The molecule has 2 nitrogen and oxygen atoms in total. The van der Waals surface area contributed by atoms with Crippen LogP contribution in [0.25, 0.3) is 0 Å². The highest BCUT2D eigenvalue weighted by atomic mass is 32.1. The largest absolute Gasteiger partial charge is 0.313 e. The first-order chi connectivity index (χ1) is 10.3. The molecule has 3 heteroatoms. The van der Waals surface area contributed by atoms with Gasteiger partial charge in [-0.1, -0.05) is 37.3 Å². The van der Waals surface area contributed by atoms with Gasteiger partial charge in [-0.15, -0.1) is 11.3 Å². The SMILES string of the molecule is CCNCc1ccc(CN(Cc2cccs2)C2CC2)cc1. The average molecular weight is 300 g/mol. The Balaban J connectivity index is 1.60. The summed E-state index contributed by atoms with van der Waals surface area (Å²) in [4.78, 5) is 4.11. The van der Waals surface area contributed by atoms with Gasteiger partial charge in [0.15, 0.2) is 0 Å². The summed E-state index contributed by atoms with van der Waals surface area (Å²) in [6.45, 7) is 6.31. The lowest BCUT2D eigenvalue weighted by Gasteiger charge is -2.21. The number of rotatable bonds is 8. The van der Waals surface area contributed by atoms with Gasteiger partial charge in [0.1, 0.15) is 0 Å². The fourth-order valence-corrected chi connectivity index (χ4v) is 3.35. The van der Waals surface area contributed by atoms with Gasteiger partial charge in [-0.3, -0.25) is 4.90 Å². The Bertz CT molecular complexity index is 529. The Morgan fingerprint density at radius 2 is 1.86 bits per heavy atom. The van der Waals surface area contributed by atoms with E-state index in [2.05, 4.69) is 58.9 Å². The lowest BCUT2D eigenvalue weighted by Crippen LogP contribution is -2.24. The van der Waals surface area contributed by atoms with Crippen LogP contribution in [0.1, 0.15) is 35.8 Å². The maximum Gasteiger partial charge on any atom is 0.0334 e. The van der Waals surface area contributed by atoms with E-state index in [9.17, 15) is 0 Å². The summed E-state index contributed by atoms with van der Waals surface area (Å²) < 4.78 is 0. The van der Waals surface area contributed by atoms with E-state index in [4.69, 9.17) is 0 Å². The van der Waals surface area contributed by atoms with Crippen molar-refractivity contribution in [3.8, 4) is 0 Å². The zero-order valence-corrected chi connectivity index (χ0v) is 13.5. The molecule has 112 valence electrons. The van der Waals surface area contributed by atoms with Crippen molar-refractivity contribution in [2.24, 2.45) is 0 Å². The van der Waals surface area contributed by atoms with Crippen molar-refractivity contribution < 1.29 is 0 Å². The number of nitrogens with zero attached hydrogens (tertiary/aromatic N) is 1. The molecule has 1 aliphatic rings. The van der Waals surface area contributed by atoms with E-state index in [-0.39, 0.29) is 0 Å². The van der Waals surface area contributed by atoms with Crippen molar-refractivity contribution in [3.05, 3.63) is 57.8 Å². The lowest BCUT2D eigenvalue weighted by atomic mass is 10.1. The van der Waals surface area contributed by atoms with Crippen LogP contribution in [0, 0.1) is 0 Å². The minimum Gasteiger partial charge on any atom is -0.313 e. The maximum absolute atomic E-state index is 3.37. The summed E-state index contributed by atoms with van der Waals surface area (Å²) in [5, 5.41) is 5.55. The van der Waals surface area contributed by atoms with Crippen LogP contribution in [0.3, 0.4) is 0 Å². The van der Waals surface area contributed by atoms with E-state index in [1.807, 2.05) is 11.3 Å². The summed E-state index contributed by atoms with van der Waals surface area (Å²) in [7, 11) is 0. The molecule has 1 heterocycles. The van der Waals surface area contributed by atoms with Crippen LogP contribution in [-0.4, -0.2) is 17.5 Å². The molecule has 1 saturated carbocycles. The highest BCUT2D eigenvalue weighted by Gasteiger charge is 2.29. The normalized spacial score (nSPS) is 14.8. The molecule has 0 atom stereocenters. The van der Waals surface area contributed by atoms with Crippen LogP contribution in [0.15, 0.2) is 41.8 Å². The number of thiophene rings is 1. The summed E-state index contributed by atoms with van der Waals surface area (Å²) in [5.41, 5.74) is 2.80. The van der Waals surface area contributed by atoms with Crippen molar-refractivity contribution in [1.29, 1.82) is 0 Å². The van der Waals surface area contributed by atoms with Crippen molar-refractivity contribution >= 4 is 11.3 Å². The quantitative estimate of drug-likeness (QED) is 0.792. The molecule has 0 aliphatic heterocycles. The highest BCUT2D eigenvalue weighted by molar-refractivity contribution is 7.09. The molecular formula is C18H24N2S. The van der Waals surface area contributed by atoms with E-state index in [0.717, 1.165) is 32.2 Å². The molecule has 1 aliphatic carbocycles. The standard InChI is InChI=1S/C18H24N2S/c1-2-19-12-15-5-7-16(8-6-15)13-20(17-9-10-17)14-18-4-3-11-21-18/h3-8,11,17,19H,2,9-10,12-14H2,1H3.